The number of hydrogen-bond donors (Lipinski definition) is 4. The van der Waals surface area contributed by atoms with Gasteiger partial charge in [-0.05, 0) is 20.8 Å². The molecule has 0 aliphatic carbocycles. The maximum Gasteiger partial charge on any atom is 0.328 e. The smallest absolute Gasteiger partial charge is 0.328 e. The van der Waals surface area contributed by atoms with Gasteiger partial charge in [0.25, 0.3) is 0 Å². The molecule has 0 saturated carbocycles. The number of hydrogen-bond acceptors (Lipinski definition) is 4. The van der Waals surface area contributed by atoms with Crippen molar-refractivity contribution < 1.29 is 24.5 Å². The maximum atomic E-state index is 11.3. The lowest BCUT2D eigenvalue weighted by Crippen LogP contribution is -2.51. The highest BCUT2D eigenvalue weighted by Crippen LogP contribution is 1.92. The molecule has 0 fully saturated rings. The van der Waals surface area contributed by atoms with E-state index in [-0.39, 0.29) is 12.6 Å². The van der Waals surface area contributed by atoms with Crippen LogP contribution in [0.2, 0.25) is 0 Å². The van der Waals surface area contributed by atoms with Crippen molar-refractivity contribution in [1.82, 2.24) is 10.6 Å². The van der Waals surface area contributed by atoms with Crippen molar-refractivity contribution in [2.24, 2.45) is 0 Å². The molecule has 0 aromatic carbocycles. The molecular formula is C10H20N2O5. The van der Waals surface area contributed by atoms with E-state index in [1.807, 2.05) is 13.8 Å². The number of aliphatic carboxylic acids is 1. The van der Waals surface area contributed by atoms with Gasteiger partial charge >= 0.3 is 12.0 Å². The standard InChI is InChI=1S/C10H20N2O5/c1-6(2)17-5-4-11-10(16)12-8(7(3)13)9(14)15/h6-8,13H,4-5H2,1-3H3,(H,14,15)(H2,11,12,16)/t7-,8+/m1/s1. The number of carboxylic acids is 1. The Labute approximate surface area is 100 Å². The van der Waals surface area contributed by atoms with E-state index in [0.29, 0.717) is 6.61 Å². The predicted octanol–water partition coefficient (Wildman–Crippen LogP) is -0.455. The molecule has 2 amide bonds. The number of aliphatic hydroxyl groups is 1. The van der Waals surface area contributed by atoms with Crippen molar-refractivity contribution in [3.8, 4) is 0 Å². The SMILES string of the molecule is CC(C)OCCNC(=O)N[C@H](C(=O)O)[C@@H](C)O. The molecule has 0 aromatic rings. The fourth-order valence-corrected chi connectivity index (χ4v) is 1.04. The van der Waals surface area contributed by atoms with Crippen molar-refractivity contribution in [3.05, 3.63) is 0 Å². The zero-order valence-electron chi connectivity index (χ0n) is 10.3. The van der Waals surface area contributed by atoms with E-state index in [9.17, 15) is 9.59 Å². The zero-order chi connectivity index (χ0) is 13.4. The summed E-state index contributed by atoms with van der Waals surface area (Å²) in [6, 6.07) is -1.97. The molecule has 0 heterocycles. The van der Waals surface area contributed by atoms with Crippen LogP contribution in [0.3, 0.4) is 0 Å². The zero-order valence-corrected chi connectivity index (χ0v) is 10.3. The first-order valence-corrected chi connectivity index (χ1v) is 5.41. The molecule has 0 spiro atoms. The predicted molar refractivity (Wildman–Crippen MR) is 60.7 cm³/mol. The second kappa shape index (κ2) is 7.86. The number of nitrogens with one attached hydrogen (secondary N) is 2. The van der Waals surface area contributed by atoms with Crippen molar-refractivity contribution in [3.63, 3.8) is 0 Å². The molecule has 0 radical (unpaired) electrons. The summed E-state index contributed by atoms with van der Waals surface area (Å²) >= 11 is 0. The fourth-order valence-electron chi connectivity index (χ4n) is 1.04. The molecule has 7 nitrogen and oxygen atoms in total. The minimum absolute atomic E-state index is 0.0732. The van der Waals surface area contributed by atoms with Crippen LogP contribution < -0.4 is 10.6 Å². The van der Waals surface area contributed by atoms with Crippen LogP contribution in [0.15, 0.2) is 0 Å². The molecule has 0 saturated heterocycles. The third-order valence-corrected chi connectivity index (χ3v) is 1.87. The lowest BCUT2D eigenvalue weighted by molar-refractivity contribution is -0.141. The van der Waals surface area contributed by atoms with Gasteiger partial charge in [-0.2, -0.15) is 0 Å². The Morgan fingerprint density at radius 3 is 2.29 bits per heavy atom. The van der Waals surface area contributed by atoms with Crippen molar-refractivity contribution in [2.75, 3.05) is 13.2 Å². The Balaban J connectivity index is 3.87. The lowest BCUT2D eigenvalue weighted by Gasteiger charge is -2.17. The topological polar surface area (TPSA) is 108 Å². The molecule has 0 aliphatic rings. The van der Waals surface area contributed by atoms with Gasteiger partial charge in [0.1, 0.15) is 0 Å². The summed E-state index contributed by atoms with van der Waals surface area (Å²) in [7, 11) is 0. The van der Waals surface area contributed by atoms with Gasteiger partial charge in [0.05, 0.1) is 18.8 Å². The number of amides is 2. The summed E-state index contributed by atoms with van der Waals surface area (Å²) in [5, 5.41) is 22.4. The molecule has 4 N–H and O–H groups in total. The highest BCUT2D eigenvalue weighted by molar-refractivity contribution is 5.82. The normalized spacial score (nSPS) is 14.2. The number of ether oxygens (including phenoxy) is 1. The molecule has 2 atom stereocenters. The number of carbonyl (C=O) groups excluding carboxylic acids is 1. The van der Waals surface area contributed by atoms with Gasteiger partial charge in [-0.1, -0.05) is 0 Å². The van der Waals surface area contributed by atoms with Crippen molar-refractivity contribution in [1.29, 1.82) is 0 Å². The molecule has 0 unspecified atom stereocenters. The largest absolute Gasteiger partial charge is 0.480 e. The summed E-state index contributed by atoms with van der Waals surface area (Å²) in [4.78, 5) is 21.9. The van der Waals surface area contributed by atoms with Gasteiger partial charge in [0, 0.05) is 6.54 Å². The van der Waals surface area contributed by atoms with Gasteiger partial charge in [0.2, 0.25) is 0 Å². The van der Waals surface area contributed by atoms with Crippen LogP contribution in [0.25, 0.3) is 0 Å². The summed E-state index contributed by atoms with van der Waals surface area (Å²) in [5.41, 5.74) is 0. The van der Waals surface area contributed by atoms with Gasteiger partial charge in [-0.3, -0.25) is 0 Å². The second-order valence-corrected chi connectivity index (χ2v) is 3.88. The van der Waals surface area contributed by atoms with Crippen LogP contribution in [0.5, 0.6) is 0 Å². The fraction of sp³-hybridized carbons (Fsp3) is 0.800. The van der Waals surface area contributed by atoms with Crippen LogP contribution in [0.4, 0.5) is 4.79 Å². The highest BCUT2D eigenvalue weighted by atomic mass is 16.5. The number of carbonyl (C=O) groups is 2. The molecular weight excluding hydrogens is 228 g/mol. The lowest BCUT2D eigenvalue weighted by atomic mass is 10.2. The average molecular weight is 248 g/mol. The Hall–Kier alpha value is -1.34. The van der Waals surface area contributed by atoms with E-state index in [1.165, 1.54) is 6.92 Å². The molecule has 0 aliphatic heterocycles. The van der Waals surface area contributed by atoms with E-state index in [4.69, 9.17) is 14.9 Å². The van der Waals surface area contributed by atoms with Crippen molar-refractivity contribution in [2.45, 2.75) is 39.0 Å². The van der Waals surface area contributed by atoms with Gasteiger partial charge in [-0.25, -0.2) is 9.59 Å². The first-order chi connectivity index (χ1) is 7.84. The second-order valence-electron chi connectivity index (χ2n) is 3.88. The van der Waals surface area contributed by atoms with Crippen LogP contribution in [0, 0.1) is 0 Å². The van der Waals surface area contributed by atoms with E-state index in [0.717, 1.165) is 0 Å². The molecule has 17 heavy (non-hydrogen) atoms. The Morgan fingerprint density at radius 2 is 1.88 bits per heavy atom. The van der Waals surface area contributed by atoms with Crippen LogP contribution in [0.1, 0.15) is 20.8 Å². The van der Waals surface area contributed by atoms with E-state index >= 15 is 0 Å². The minimum atomic E-state index is -1.32. The summed E-state index contributed by atoms with van der Waals surface area (Å²) in [5.74, 6) is -1.28. The van der Waals surface area contributed by atoms with Gasteiger partial charge in [0.15, 0.2) is 6.04 Å². The van der Waals surface area contributed by atoms with Crippen LogP contribution >= 0.6 is 0 Å². The third kappa shape index (κ3) is 7.53. The monoisotopic (exact) mass is 248 g/mol. The van der Waals surface area contributed by atoms with E-state index in [2.05, 4.69) is 10.6 Å². The third-order valence-electron chi connectivity index (χ3n) is 1.87. The molecule has 100 valence electrons. The summed E-state index contributed by atoms with van der Waals surface area (Å²) in [6.07, 6.45) is -1.09. The molecule has 0 bridgehead atoms. The number of urea groups is 1. The minimum Gasteiger partial charge on any atom is -0.480 e. The number of rotatable bonds is 7. The first kappa shape index (κ1) is 15.7. The summed E-state index contributed by atoms with van der Waals surface area (Å²) < 4.78 is 5.18. The number of carboxylic acid groups (broad SMARTS) is 1. The average Bonchev–Trinajstić information content (AvgIpc) is 2.19. The number of aliphatic hydroxyl groups excluding tert-OH is 1. The van der Waals surface area contributed by atoms with Gasteiger partial charge < -0.3 is 25.6 Å². The van der Waals surface area contributed by atoms with Crippen molar-refractivity contribution >= 4 is 12.0 Å². The Bertz CT molecular complexity index is 255. The Kier molecular flexibility index (Phi) is 7.24. The maximum absolute atomic E-state index is 11.3. The first-order valence-electron chi connectivity index (χ1n) is 5.41. The quantitative estimate of drug-likeness (QED) is 0.456. The van der Waals surface area contributed by atoms with Crippen LogP contribution in [-0.4, -0.2) is 53.6 Å². The Morgan fingerprint density at radius 1 is 1.29 bits per heavy atom. The molecule has 7 heteroatoms. The van der Waals surface area contributed by atoms with E-state index < -0.39 is 24.1 Å². The summed E-state index contributed by atoms with van der Waals surface area (Å²) in [6.45, 7) is 5.65. The molecule has 0 rings (SSSR count). The molecule has 0 aromatic heterocycles. The van der Waals surface area contributed by atoms with E-state index in [1.54, 1.807) is 0 Å². The van der Waals surface area contributed by atoms with Crippen LogP contribution in [-0.2, 0) is 9.53 Å². The van der Waals surface area contributed by atoms with Gasteiger partial charge in [-0.15, -0.1) is 0 Å². The highest BCUT2D eigenvalue weighted by Gasteiger charge is 2.24.